The lowest BCUT2D eigenvalue weighted by molar-refractivity contribution is 0.298. The zero-order valence-corrected chi connectivity index (χ0v) is 14.6. The largest absolute Gasteiger partial charge is 0.370 e. The average Bonchev–Trinajstić information content (AvgIpc) is 2.26. The van der Waals surface area contributed by atoms with Crippen molar-refractivity contribution in [3.8, 4) is 0 Å². The first-order valence-electron chi connectivity index (χ1n) is 6.51. The molecule has 0 aliphatic carbocycles. The molecule has 19 heavy (non-hydrogen) atoms. The van der Waals surface area contributed by atoms with Gasteiger partial charge in [-0.3, -0.25) is 4.99 Å². The fraction of sp³-hybridized carbons (Fsp3) is 0.533. The van der Waals surface area contributed by atoms with Crippen LogP contribution in [0.1, 0.15) is 34.1 Å². The highest BCUT2D eigenvalue weighted by atomic mass is 127. The molecule has 4 heteroatoms. The van der Waals surface area contributed by atoms with E-state index in [0.29, 0.717) is 11.9 Å². The molecule has 0 aromatic heterocycles. The van der Waals surface area contributed by atoms with Gasteiger partial charge >= 0.3 is 0 Å². The van der Waals surface area contributed by atoms with Gasteiger partial charge in [0.15, 0.2) is 5.96 Å². The van der Waals surface area contributed by atoms with Crippen LogP contribution < -0.4 is 11.1 Å². The van der Waals surface area contributed by atoms with E-state index in [1.165, 1.54) is 0 Å². The van der Waals surface area contributed by atoms with Crippen LogP contribution in [0.4, 0.5) is 5.69 Å². The van der Waals surface area contributed by atoms with E-state index < -0.39 is 0 Å². The fourth-order valence-corrected chi connectivity index (χ4v) is 2.18. The van der Waals surface area contributed by atoms with Gasteiger partial charge in [-0.1, -0.05) is 45.9 Å². The van der Waals surface area contributed by atoms with Crippen molar-refractivity contribution in [2.24, 2.45) is 22.1 Å². The van der Waals surface area contributed by atoms with Gasteiger partial charge in [-0.05, 0) is 29.9 Å². The van der Waals surface area contributed by atoms with E-state index in [2.05, 4.69) is 38.0 Å². The molecule has 0 bridgehead atoms. The molecule has 1 aromatic carbocycles. The second-order valence-corrected chi connectivity index (χ2v) is 5.95. The fourth-order valence-electron chi connectivity index (χ4n) is 2.18. The molecule has 1 aromatic rings. The summed E-state index contributed by atoms with van der Waals surface area (Å²) in [5.74, 6) is 1.16. The Hall–Kier alpha value is -0.780. The SMILES string of the molecule is CC(C)CC(C)(C)CN=C(N)Nc1ccccc1.I. The van der Waals surface area contributed by atoms with E-state index in [1.807, 2.05) is 30.3 Å². The van der Waals surface area contributed by atoms with Crippen molar-refractivity contribution in [1.82, 2.24) is 0 Å². The van der Waals surface area contributed by atoms with Crippen LogP contribution in [0, 0.1) is 11.3 Å². The van der Waals surface area contributed by atoms with Gasteiger partial charge in [0.25, 0.3) is 0 Å². The van der Waals surface area contributed by atoms with E-state index in [1.54, 1.807) is 0 Å². The highest BCUT2D eigenvalue weighted by molar-refractivity contribution is 14.0. The first-order chi connectivity index (χ1) is 8.39. The third kappa shape index (κ3) is 8.08. The smallest absolute Gasteiger partial charge is 0.193 e. The van der Waals surface area contributed by atoms with Crippen molar-refractivity contribution in [1.29, 1.82) is 0 Å². The number of nitrogens with two attached hydrogens (primary N) is 1. The van der Waals surface area contributed by atoms with Gasteiger partial charge in [-0.25, -0.2) is 0 Å². The number of hydrogen-bond donors (Lipinski definition) is 2. The van der Waals surface area contributed by atoms with Crippen LogP contribution in [-0.2, 0) is 0 Å². The maximum Gasteiger partial charge on any atom is 0.193 e. The second-order valence-electron chi connectivity index (χ2n) is 5.95. The summed E-state index contributed by atoms with van der Waals surface area (Å²) < 4.78 is 0. The quantitative estimate of drug-likeness (QED) is 0.463. The molecule has 0 heterocycles. The first-order valence-corrected chi connectivity index (χ1v) is 6.51. The highest BCUT2D eigenvalue weighted by Gasteiger charge is 2.18. The van der Waals surface area contributed by atoms with Crippen LogP contribution in [0.15, 0.2) is 35.3 Å². The lowest BCUT2D eigenvalue weighted by atomic mass is 9.84. The van der Waals surface area contributed by atoms with Crippen LogP contribution in [0.5, 0.6) is 0 Å². The number of hydrogen-bond acceptors (Lipinski definition) is 1. The number of rotatable bonds is 5. The molecule has 0 aliphatic heterocycles. The average molecular weight is 375 g/mol. The minimum Gasteiger partial charge on any atom is -0.370 e. The summed E-state index contributed by atoms with van der Waals surface area (Å²) in [7, 11) is 0. The number of halogens is 1. The molecule has 3 N–H and O–H groups in total. The Morgan fingerprint density at radius 3 is 2.37 bits per heavy atom. The summed E-state index contributed by atoms with van der Waals surface area (Å²) in [5.41, 5.74) is 7.05. The molecule has 0 saturated carbocycles. The molecular weight excluding hydrogens is 349 g/mol. The van der Waals surface area contributed by atoms with Gasteiger partial charge in [0.2, 0.25) is 0 Å². The van der Waals surface area contributed by atoms with Gasteiger partial charge in [-0.15, -0.1) is 24.0 Å². The van der Waals surface area contributed by atoms with Crippen molar-refractivity contribution in [3.05, 3.63) is 30.3 Å². The molecule has 0 atom stereocenters. The normalized spacial score (nSPS) is 12.2. The van der Waals surface area contributed by atoms with Gasteiger partial charge < -0.3 is 11.1 Å². The van der Waals surface area contributed by atoms with Gasteiger partial charge in [0.05, 0.1) is 0 Å². The summed E-state index contributed by atoms with van der Waals surface area (Å²) in [5, 5.41) is 3.10. The summed E-state index contributed by atoms with van der Waals surface area (Å²) in [6, 6.07) is 9.87. The zero-order valence-electron chi connectivity index (χ0n) is 12.3. The Morgan fingerprint density at radius 1 is 1.26 bits per heavy atom. The maximum atomic E-state index is 5.88. The molecule has 0 unspecified atom stereocenters. The maximum absolute atomic E-state index is 5.88. The number of nitrogens with one attached hydrogen (secondary N) is 1. The van der Waals surface area contributed by atoms with E-state index >= 15 is 0 Å². The number of aliphatic imine (C=N–C) groups is 1. The minimum atomic E-state index is 0. The lowest BCUT2D eigenvalue weighted by Gasteiger charge is -2.24. The van der Waals surface area contributed by atoms with Crippen molar-refractivity contribution < 1.29 is 0 Å². The Bertz CT molecular complexity index is 386. The first kappa shape index (κ1) is 18.2. The molecule has 0 amide bonds. The van der Waals surface area contributed by atoms with Crippen molar-refractivity contribution >= 4 is 35.6 Å². The predicted octanol–water partition coefficient (Wildman–Crippen LogP) is 4.10. The Kier molecular flexibility index (Phi) is 8.06. The summed E-state index contributed by atoms with van der Waals surface area (Å²) in [6.07, 6.45) is 1.15. The van der Waals surface area contributed by atoms with Gasteiger partial charge in [-0.2, -0.15) is 0 Å². The van der Waals surface area contributed by atoms with E-state index in [9.17, 15) is 0 Å². The van der Waals surface area contributed by atoms with E-state index in [-0.39, 0.29) is 29.4 Å². The number of guanidine groups is 1. The zero-order chi connectivity index (χ0) is 13.6. The molecule has 3 nitrogen and oxygen atoms in total. The number of nitrogens with zero attached hydrogens (tertiary/aromatic N) is 1. The third-order valence-corrected chi connectivity index (χ3v) is 2.68. The number of anilines is 1. The molecule has 0 fully saturated rings. The Labute approximate surface area is 134 Å². The lowest BCUT2D eigenvalue weighted by Crippen LogP contribution is -2.26. The monoisotopic (exact) mass is 375 g/mol. The van der Waals surface area contributed by atoms with Gasteiger partial charge in [0, 0.05) is 12.2 Å². The highest BCUT2D eigenvalue weighted by Crippen LogP contribution is 2.25. The molecular formula is C15H26IN3. The minimum absolute atomic E-state index is 0. The Balaban J connectivity index is 0.00000324. The summed E-state index contributed by atoms with van der Waals surface area (Å²) in [6.45, 7) is 9.67. The molecule has 108 valence electrons. The van der Waals surface area contributed by atoms with Crippen molar-refractivity contribution in [2.75, 3.05) is 11.9 Å². The predicted molar refractivity (Wildman–Crippen MR) is 95.2 cm³/mol. The second kappa shape index (κ2) is 8.40. The van der Waals surface area contributed by atoms with Crippen LogP contribution in [0.2, 0.25) is 0 Å². The number of benzene rings is 1. The van der Waals surface area contributed by atoms with Crippen LogP contribution >= 0.6 is 24.0 Å². The molecule has 1 rings (SSSR count). The molecule has 0 aliphatic rings. The molecule has 0 saturated heterocycles. The van der Waals surface area contributed by atoms with Crippen LogP contribution in [0.25, 0.3) is 0 Å². The van der Waals surface area contributed by atoms with E-state index in [4.69, 9.17) is 5.73 Å². The molecule has 0 spiro atoms. The van der Waals surface area contributed by atoms with E-state index in [0.717, 1.165) is 18.7 Å². The molecule has 0 radical (unpaired) electrons. The Morgan fingerprint density at radius 2 is 1.84 bits per heavy atom. The van der Waals surface area contributed by atoms with Crippen molar-refractivity contribution in [2.45, 2.75) is 34.1 Å². The summed E-state index contributed by atoms with van der Waals surface area (Å²) in [4.78, 5) is 4.43. The summed E-state index contributed by atoms with van der Waals surface area (Å²) >= 11 is 0. The van der Waals surface area contributed by atoms with Crippen LogP contribution in [0.3, 0.4) is 0 Å². The van der Waals surface area contributed by atoms with Crippen LogP contribution in [-0.4, -0.2) is 12.5 Å². The standard InChI is InChI=1S/C15H25N3.HI/c1-12(2)10-15(3,4)11-17-14(16)18-13-8-6-5-7-9-13;/h5-9,12H,10-11H2,1-4H3,(H3,16,17,18);1H. The number of para-hydroxylation sites is 1. The van der Waals surface area contributed by atoms with Crippen molar-refractivity contribution in [3.63, 3.8) is 0 Å². The van der Waals surface area contributed by atoms with Gasteiger partial charge in [0.1, 0.15) is 0 Å². The topological polar surface area (TPSA) is 50.4 Å². The third-order valence-electron chi connectivity index (χ3n) is 2.68.